The first-order chi connectivity index (χ1) is 14.4. The van der Waals surface area contributed by atoms with Gasteiger partial charge in [-0.15, -0.1) is 13.2 Å². The van der Waals surface area contributed by atoms with Crippen LogP contribution in [0.2, 0.25) is 18.1 Å². The molecule has 1 heterocycles. The highest BCUT2D eigenvalue weighted by Crippen LogP contribution is 2.32. The second-order valence-corrected chi connectivity index (χ2v) is 12.2. The Morgan fingerprint density at radius 3 is 2.07 bits per heavy atom. The third kappa shape index (κ3) is 7.49. The molecule has 0 unspecified atom stereocenters. The van der Waals surface area contributed by atoms with Crippen LogP contribution in [-0.2, 0) is 6.42 Å². The van der Waals surface area contributed by atoms with Gasteiger partial charge in [-0.2, -0.15) is 0 Å². The van der Waals surface area contributed by atoms with Crippen molar-refractivity contribution in [1.82, 2.24) is 0 Å². The van der Waals surface area contributed by atoms with Gasteiger partial charge in [0.05, 0.1) is 0 Å². The van der Waals surface area contributed by atoms with Gasteiger partial charge in [-0.05, 0) is 47.6 Å². The van der Waals surface area contributed by atoms with E-state index in [-0.39, 0.29) is 5.75 Å². The number of hydrogen-bond donors (Lipinski definition) is 0. The van der Waals surface area contributed by atoms with Crippen LogP contribution < -0.4 is 4.74 Å². The lowest BCUT2D eigenvalue weighted by molar-refractivity contribution is -0.274. The highest BCUT2D eigenvalue weighted by molar-refractivity contribution is 6.58. The summed E-state index contributed by atoms with van der Waals surface area (Å²) in [6.07, 6.45) is 4.82. The van der Waals surface area contributed by atoms with Crippen molar-refractivity contribution in [2.75, 3.05) is 0 Å². The Bertz CT molecular complexity index is 747. The largest absolute Gasteiger partial charge is 0.573 e. The molecule has 0 atom stereocenters. The van der Waals surface area contributed by atoms with Crippen molar-refractivity contribution in [3.63, 3.8) is 0 Å². The van der Waals surface area contributed by atoms with Gasteiger partial charge in [0.2, 0.25) is 0 Å². The number of alkyl halides is 3. The maximum atomic E-state index is 12.3. The molecule has 2 aromatic carbocycles. The Labute approximate surface area is 180 Å². The van der Waals surface area contributed by atoms with Gasteiger partial charge in [0.1, 0.15) is 5.75 Å². The summed E-state index contributed by atoms with van der Waals surface area (Å²) in [6, 6.07) is 19.1. The standard InChI is InChI=1S/C25H33F3OSi/c1-2-3-4-17-30-18-15-21(16-19-30)6-5-20-7-9-22(10-8-20)23-11-13-24(14-12-23)29-25(26,27)28/h7-14,21,30H,2-6,15-19H2,1H3. The van der Waals surface area contributed by atoms with E-state index in [1.807, 2.05) is 0 Å². The summed E-state index contributed by atoms with van der Waals surface area (Å²) in [5.41, 5.74) is 3.25. The molecule has 1 fully saturated rings. The van der Waals surface area contributed by atoms with E-state index in [4.69, 9.17) is 0 Å². The smallest absolute Gasteiger partial charge is 0.406 e. The van der Waals surface area contributed by atoms with E-state index in [0.29, 0.717) is 0 Å². The Morgan fingerprint density at radius 1 is 0.900 bits per heavy atom. The van der Waals surface area contributed by atoms with Gasteiger partial charge in [-0.1, -0.05) is 93.6 Å². The fourth-order valence-corrected chi connectivity index (χ4v) is 8.19. The van der Waals surface area contributed by atoms with Crippen molar-refractivity contribution in [3.05, 3.63) is 54.1 Å². The molecule has 0 aromatic heterocycles. The average molecular weight is 435 g/mol. The molecule has 0 N–H and O–H groups in total. The summed E-state index contributed by atoms with van der Waals surface area (Å²) >= 11 is 0. The number of ether oxygens (including phenoxy) is 1. The van der Waals surface area contributed by atoms with Crippen molar-refractivity contribution < 1.29 is 17.9 Å². The fraction of sp³-hybridized carbons (Fsp3) is 0.520. The molecule has 5 heteroatoms. The van der Waals surface area contributed by atoms with Crippen LogP contribution in [0.15, 0.2) is 48.5 Å². The molecule has 0 bridgehead atoms. The molecule has 1 aliphatic heterocycles. The predicted molar refractivity (Wildman–Crippen MR) is 121 cm³/mol. The topological polar surface area (TPSA) is 9.23 Å². The van der Waals surface area contributed by atoms with Crippen LogP contribution in [0.3, 0.4) is 0 Å². The molecule has 1 saturated heterocycles. The predicted octanol–water partition coefficient (Wildman–Crippen LogP) is 8.01. The van der Waals surface area contributed by atoms with Crippen molar-refractivity contribution >= 4 is 8.80 Å². The minimum absolute atomic E-state index is 0.189. The SMILES string of the molecule is CCCCC[SiH]1CCC(CCc2ccc(-c3ccc(OC(F)(F)F)cc3)cc2)CC1. The van der Waals surface area contributed by atoms with Gasteiger partial charge < -0.3 is 4.74 Å². The zero-order valence-corrected chi connectivity index (χ0v) is 19.0. The van der Waals surface area contributed by atoms with E-state index in [1.165, 1.54) is 56.2 Å². The molecule has 0 saturated carbocycles. The maximum absolute atomic E-state index is 12.3. The van der Waals surface area contributed by atoms with E-state index in [1.54, 1.807) is 30.3 Å². The van der Waals surface area contributed by atoms with E-state index in [9.17, 15) is 13.2 Å². The van der Waals surface area contributed by atoms with Crippen molar-refractivity contribution in [2.24, 2.45) is 5.92 Å². The maximum Gasteiger partial charge on any atom is 0.573 e. The molecule has 30 heavy (non-hydrogen) atoms. The summed E-state index contributed by atoms with van der Waals surface area (Å²) in [5.74, 6) is 0.701. The fourth-order valence-electron chi connectivity index (χ4n) is 4.58. The lowest BCUT2D eigenvalue weighted by atomic mass is 9.93. The van der Waals surface area contributed by atoms with Crippen LogP contribution in [0.5, 0.6) is 5.75 Å². The summed E-state index contributed by atoms with van der Waals surface area (Å²) in [5, 5.41) is 0. The van der Waals surface area contributed by atoms with Crippen molar-refractivity contribution in [2.45, 2.75) is 76.4 Å². The summed E-state index contributed by atoms with van der Waals surface area (Å²) < 4.78 is 40.8. The lowest BCUT2D eigenvalue weighted by Gasteiger charge is -2.27. The molecule has 1 nitrogen and oxygen atoms in total. The van der Waals surface area contributed by atoms with Crippen LogP contribution in [-0.4, -0.2) is 15.2 Å². The Kier molecular flexibility index (Phi) is 8.43. The minimum Gasteiger partial charge on any atom is -0.406 e. The quantitative estimate of drug-likeness (QED) is 0.287. The Balaban J connectivity index is 1.44. The summed E-state index contributed by atoms with van der Waals surface area (Å²) in [7, 11) is -0.424. The number of hydrogen-bond acceptors (Lipinski definition) is 1. The number of benzene rings is 2. The highest BCUT2D eigenvalue weighted by Gasteiger charge is 2.31. The minimum atomic E-state index is -4.65. The average Bonchev–Trinajstić information content (AvgIpc) is 2.73. The van der Waals surface area contributed by atoms with Crippen molar-refractivity contribution in [1.29, 1.82) is 0 Å². The third-order valence-corrected chi connectivity index (χ3v) is 9.92. The van der Waals surface area contributed by atoms with Crippen LogP contribution in [0.25, 0.3) is 11.1 Å². The van der Waals surface area contributed by atoms with Gasteiger partial charge >= 0.3 is 6.36 Å². The molecule has 164 valence electrons. The number of halogens is 3. The third-order valence-electron chi connectivity index (χ3n) is 6.40. The second-order valence-electron chi connectivity index (χ2n) is 8.69. The number of aryl methyl sites for hydroxylation is 1. The normalized spacial score (nSPS) is 19.6. The molecule has 0 amide bonds. The summed E-state index contributed by atoms with van der Waals surface area (Å²) in [4.78, 5) is 0. The van der Waals surface area contributed by atoms with Crippen molar-refractivity contribution in [3.8, 4) is 16.9 Å². The first-order valence-corrected chi connectivity index (χ1v) is 13.8. The van der Waals surface area contributed by atoms with Crippen LogP contribution in [0, 0.1) is 5.92 Å². The molecule has 0 aliphatic carbocycles. The highest BCUT2D eigenvalue weighted by atomic mass is 28.3. The number of rotatable bonds is 9. The molecular formula is C25H33F3OSi. The zero-order valence-electron chi connectivity index (χ0n) is 17.9. The van der Waals surface area contributed by atoms with Crippen LogP contribution in [0.4, 0.5) is 13.2 Å². The van der Waals surface area contributed by atoms with Gasteiger partial charge in [-0.3, -0.25) is 0 Å². The van der Waals surface area contributed by atoms with Gasteiger partial charge in [0, 0.05) is 8.80 Å². The van der Waals surface area contributed by atoms with E-state index >= 15 is 0 Å². The number of unbranched alkanes of at least 4 members (excludes halogenated alkanes) is 2. The van der Waals surface area contributed by atoms with Gasteiger partial charge in [0.25, 0.3) is 0 Å². The molecule has 3 rings (SSSR count). The monoisotopic (exact) mass is 434 g/mol. The molecule has 0 radical (unpaired) electrons. The van der Waals surface area contributed by atoms with Gasteiger partial charge in [0.15, 0.2) is 0 Å². The Hall–Kier alpha value is -1.75. The van der Waals surface area contributed by atoms with E-state index < -0.39 is 15.2 Å². The lowest BCUT2D eigenvalue weighted by Crippen LogP contribution is -2.21. The van der Waals surface area contributed by atoms with E-state index in [0.717, 1.165) is 23.5 Å². The first-order valence-electron chi connectivity index (χ1n) is 11.4. The molecular weight excluding hydrogens is 401 g/mol. The second kappa shape index (κ2) is 11.0. The Morgan fingerprint density at radius 2 is 1.50 bits per heavy atom. The van der Waals surface area contributed by atoms with Crippen LogP contribution >= 0.6 is 0 Å². The summed E-state index contributed by atoms with van der Waals surface area (Å²) in [6.45, 7) is 2.29. The van der Waals surface area contributed by atoms with E-state index in [2.05, 4.69) is 35.9 Å². The van der Waals surface area contributed by atoms with Gasteiger partial charge in [-0.25, -0.2) is 0 Å². The first kappa shape index (κ1) is 22.9. The zero-order chi connectivity index (χ0) is 21.4. The molecule has 0 spiro atoms. The molecule has 2 aromatic rings. The van der Waals surface area contributed by atoms with Crippen LogP contribution in [0.1, 0.15) is 51.0 Å². The molecule has 1 aliphatic rings.